The highest BCUT2D eigenvalue weighted by Crippen LogP contribution is 2.29. The van der Waals surface area contributed by atoms with Crippen LogP contribution in [0.2, 0.25) is 0 Å². The summed E-state index contributed by atoms with van der Waals surface area (Å²) in [6.45, 7) is 6.01. The van der Waals surface area contributed by atoms with Gasteiger partial charge >= 0.3 is 0 Å². The molecule has 2 aromatic heterocycles. The van der Waals surface area contributed by atoms with Crippen LogP contribution >= 0.6 is 11.3 Å². The summed E-state index contributed by atoms with van der Waals surface area (Å²) >= 11 is 1.70. The SMILES string of the molecule is CCOc1ccc(C(=O)N(CCc2cccs2)Cc2ccoc2)cc1OCC. The van der Waals surface area contributed by atoms with Gasteiger partial charge in [0.25, 0.3) is 5.91 Å². The minimum Gasteiger partial charge on any atom is -0.490 e. The molecule has 0 N–H and O–H groups in total. The Hall–Kier alpha value is -2.73. The first-order valence-corrected chi connectivity index (χ1v) is 10.3. The maximum absolute atomic E-state index is 13.3. The van der Waals surface area contributed by atoms with E-state index in [9.17, 15) is 4.79 Å². The van der Waals surface area contributed by atoms with Gasteiger partial charge in [0.05, 0.1) is 25.7 Å². The summed E-state index contributed by atoms with van der Waals surface area (Å²) in [7, 11) is 0. The third-order valence-electron chi connectivity index (χ3n) is 4.24. The largest absolute Gasteiger partial charge is 0.490 e. The maximum Gasteiger partial charge on any atom is 0.254 e. The number of hydrogen-bond acceptors (Lipinski definition) is 5. The van der Waals surface area contributed by atoms with Crippen LogP contribution in [-0.4, -0.2) is 30.6 Å². The lowest BCUT2D eigenvalue weighted by atomic mass is 10.1. The number of amides is 1. The molecule has 0 aliphatic carbocycles. The van der Waals surface area contributed by atoms with Gasteiger partial charge in [-0.15, -0.1) is 11.3 Å². The highest BCUT2D eigenvalue weighted by Gasteiger charge is 2.19. The van der Waals surface area contributed by atoms with Crippen molar-refractivity contribution in [3.8, 4) is 11.5 Å². The number of furan rings is 1. The van der Waals surface area contributed by atoms with E-state index in [0.29, 0.717) is 43.4 Å². The molecule has 1 aromatic carbocycles. The number of carbonyl (C=O) groups is 1. The number of hydrogen-bond donors (Lipinski definition) is 0. The van der Waals surface area contributed by atoms with Crippen LogP contribution < -0.4 is 9.47 Å². The van der Waals surface area contributed by atoms with E-state index in [4.69, 9.17) is 13.9 Å². The molecule has 0 aliphatic rings. The van der Waals surface area contributed by atoms with Gasteiger partial charge in [-0.3, -0.25) is 4.79 Å². The Morgan fingerprint density at radius 1 is 1.11 bits per heavy atom. The molecular formula is C22H25NO4S. The predicted molar refractivity (Wildman–Crippen MR) is 110 cm³/mol. The van der Waals surface area contributed by atoms with Crippen LogP contribution in [0.3, 0.4) is 0 Å². The Bertz CT molecular complexity index is 859. The second-order valence-corrected chi connectivity index (χ2v) is 7.25. The number of thiophene rings is 1. The Kier molecular flexibility index (Phi) is 7.14. The number of benzene rings is 1. The second-order valence-electron chi connectivity index (χ2n) is 6.22. The van der Waals surface area contributed by atoms with Gasteiger partial charge < -0.3 is 18.8 Å². The highest BCUT2D eigenvalue weighted by atomic mass is 32.1. The van der Waals surface area contributed by atoms with Gasteiger partial charge in [0, 0.05) is 29.1 Å². The molecule has 0 unspecified atom stereocenters. The first kappa shape index (κ1) is 20.0. The smallest absolute Gasteiger partial charge is 0.254 e. The second kappa shape index (κ2) is 9.99. The first-order chi connectivity index (χ1) is 13.7. The minimum absolute atomic E-state index is 0.0400. The maximum atomic E-state index is 13.3. The molecule has 0 saturated carbocycles. The van der Waals surface area contributed by atoms with Gasteiger partial charge in [-0.05, 0) is 56.0 Å². The molecule has 5 nitrogen and oxygen atoms in total. The standard InChI is InChI=1S/C22H25NO4S/c1-3-26-20-8-7-18(14-21(20)27-4-2)22(24)23(15-17-10-12-25-16-17)11-9-19-6-5-13-28-19/h5-8,10,12-14,16H,3-4,9,11,15H2,1-2H3. The topological polar surface area (TPSA) is 51.9 Å². The van der Waals surface area contributed by atoms with E-state index < -0.39 is 0 Å². The van der Waals surface area contributed by atoms with Crippen LogP contribution in [0, 0.1) is 0 Å². The van der Waals surface area contributed by atoms with E-state index in [-0.39, 0.29) is 5.91 Å². The predicted octanol–water partition coefficient (Wildman–Crippen LogP) is 5.02. The van der Waals surface area contributed by atoms with E-state index in [1.807, 2.05) is 30.9 Å². The van der Waals surface area contributed by atoms with Gasteiger partial charge in [0.15, 0.2) is 11.5 Å². The molecule has 0 bridgehead atoms. The van der Waals surface area contributed by atoms with Crippen molar-refractivity contribution in [2.45, 2.75) is 26.8 Å². The van der Waals surface area contributed by atoms with Crippen LogP contribution in [0.25, 0.3) is 0 Å². The van der Waals surface area contributed by atoms with Gasteiger partial charge in [-0.1, -0.05) is 6.07 Å². The van der Waals surface area contributed by atoms with Crippen LogP contribution in [-0.2, 0) is 13.0 Å². The van der Waals surface area contributed by atoms with Crippen molar-refractivity contribution >= 4 is 17.2 Å². The van der Waals surface area contributed by atoms with E-state index in [0.717, 1.165) is 12.0 Å². The van der Waals surface area contributed by atoms with Crippen LogP contribution in [0.15, 0.2) is 58.7 Å². The molecule has 0 saturated heterocycles. The van der Waals surface area contributed by atoms with Crippen molar-refractivity contribution in [1.29, 1.82) is 0 Å². The molecule has 3 aromatic rings. The normalized spacial score (nSPS) is 10.6. The molecule has 0 radical (unpaired) electrons. The van der Waals surface area contributed by atoms with Gasteiger partial charge in [0.1, 0.15) is 0 Å². The fraction of sp³-hybridized carbons (Fsp3) is 0.318. The average molecular weight is 400 g/mol. The minimum atomic E-state index is -0.0400. The summed E-state index contributed by atoms with van der Waals surface area (Å²) in [4.78, 5) is 16.4. The molecule has 28 heavy (non-hydrogen) atoms. The first-order valence-electron chi connectivity index (χ1n) is 9.43. The lowest BCUT2D eigenvalue weighted by Crippen LogP contribution is -2.32. The van der Waals surface area contributed by atoms with Crippen LogP contribution in [0.5, 0.6) is 11.5 Å². The third-order valence-corrected chi connectivity index (χ3v) is 5.18. The van der Waals surface area contributed by atoms with E-state index >= 15 is 0 Å². The summed E-state index contributed by atoms with van der Waals surface area (Å²) in [5.74, 6) is 1.21. The van der Waals surface area contributed by atoms with Gasteiger partial charge in [-0.25, -0.2) is 0 Å². The van der Waals surface area contributed by atoms with Crippen molar-refractivity contribution in [3.05, 3.63) is 70.3 Å². The molecular weight excluding hydrogens is 374 g/mol. The Morgan fingerprint density at radius 3 is 2.61 bits per heavy atom. The zero-order valence-corrected chi connectivity index (χ0v) is 17.0. The van der Waals surface area contributed by atoms with E-state index in [1.165, 1.54) is 4.88 Å². The fourth-order valence-electron chi connectivity index (χ4n) is 2.92. The molecule has 3 rings (SSSR count). The number of carbonyl (C=O) groups excluding carboxylic acids is 1. The Labute approximate surface area is 169 Å². The zero-order valence-electron chi connectivity index (χ0n) is 16.2. The summed E-state index contributed by atoms with van der Waals surface area (Å²) in [5, 5.41) is 2.05. The summed E-state index contributed by atoms with van der Waals surface area (Å²) in [6, 6.07) is 11.4. The number of rotatable bonds is 10. The lowest BCUT2D eigenvalue weighted by Gasteiger charge is -2.23. The number of ether oxygens (including phenoxy) is 2. The van der Waals surface area contributed by atoms with Crippen molar-refractivity contribution in [3.63, 3.8) is 0 Å². The summed E-state index contributed by atoms with van der Waals surface area (Å²) in [5.41, 5.74) is 1.55. The third kappa shape index (κ3) is 5.16. The Morgan fingerprint density at radius 2 is 1.93 bits per heavy atom. The van der Waals surface area contributed by atoms with E-state index in [1.54, 1.807) is 42.1 Å². The highest BCUT2D eigenvalue weighted by molar-refractivity contribution is 7.09. The molecule has 2 heterocycles. The average Bonchev–Trinajstić information content (AvgIpc) is 3.40. The molecule has 1 amide bonds. The monoisotopic (exact) mass is 399 g/mol. The van der Waals surface area contributed by atoms with Crippen LogP contribution in [0.1, 0.15) is 34.6 Å². The molecule has 0 spiro atoms. The van der Waals surface area contributed by atoms with Crippen molar-refractivity contribution in [2.75, 3.05) is 19.8 Å². The van der Waals surface area contributed by atoms with E-state index in [2.05, 4.69) is 11.4 Å². The van der Waals surface area contributed by atoms with Gasteiger partial charge in [0.2, 0.25) is 0 Å². The summed E-state index contributed by atoms with van der Waals surface area (Å²) < 4.78 is 16.5. The molecule has 0 fully saturated rings. The zero-order chi connectivity index (χ0) is 19.8. The van der Waals surface area contributed by atoms with Crippen LogP contribution in [0.4, 0.5) is 0 Å². The molecule has 6 heteroatoms. The number of nitrogens with zero attached hydrogens (tertiary/aromatic N) is 1. The molecule has 148 valence electrons. The van der Waals surface area contributed by atoms with Crippen molar-refractivity contribution in [2.24, 2.45) is 0 Å². The lowest BCUT2D eigenvalue weighted by molar-refractivity contribution is 0.0744. The molecule has 0 atom stereocenters. The summed E-state index contributed by atoms with van der Waals surface area (Å²) in [6.07, 6.45) is 4.12. The quantitative estimate of drug-likeness (QED) is 0.480. The molecule has 0 aliphatic heterocycles. The fourth-order valence-corrected chi connectivity index (χ4v) is 3.62. The van der Waals surface area contributed by atoms with Gasteiger partial charge in [-0.2, -0.15) is 0 Å². The Balaban J connectivity index is 1.81. The van der Waals surface area contributed by atoms with Crippen molar-refractivity contribution < 1.29 is 18.7 Å². The van der Waals surface area contributed by atoms with Crippen molar-refractivity contribution in [1.82, 2.24) is 4.90 Å².